The van der Waals surface area contributed by atoms with Crippen molar-refractivity contribution in [2.45, 2.75) is 13.0 Å². The molecular formula is C10H16N2O3. The molecule has 0 aliphatic rings. The van der Waals surface area contributed by atoms with Gasteiger partial charge in [0.2, 0.25) is 0 Å². The minimum absolute atomic E-state index is 0.0260. The molecule has 5 nitrogen and oxygen atoms in total. The standard InChI is InChI=1S/C10H16N2O3/c1-14-7-8-15-6-2-5-12-9-11-4-3-10(12)13/h3-4,9H,2,5-8H2,1H3. The molecule has 0 aliphatic carbocycles. The van der Waals surface area contributed by atoms with Gasteiger partial charge in [-0.25, -0.2) is 4.98 Å². The Hall–Kier alpha value is -1.20. The van der Waals surface area contributed by atoms with E-state index in [1.165, 1.54) is 18.6 Å². The summed E-state index contributed by atoms with van der Waals surface area (Å²) < 4.78 is 11.7. The maximum absolute atomic E-state index is 11.2. The van der Waals surface area contributed by atoms with Gasteiger partial charge < -0.3 is 9.47 Å². The van der Waals surface area contributed by atoms with Crippen molar-refractivity contribution in [1.82, 2.24) is 9.55 Å². The Morgan fingerprint density at radius 2 is 2.27 bits per heavy atom. The summed E-state index contributed by atoms with van der Waals surface area (Å²) in [6.45, 7) is 2.47. The minimum Gasteiger partial charge on any atom is -0.382 e. The zero-order chi connectivity index (χ0) is 10.9. The second-order valence-electron chi connectivity index (χ2n) is 3.07. The second kappa shape index (κ2) is 7.14. The lowest BCUT2D eigenvalue weighted by molar-refractivity contribution is 0.0679. The number of aryl methyl sites for hydroxylation is 1. The van der Waals surface area contributed by atoms with Gasteiger partial charge in [-0.05, 0) is 6.42 Å². The fourth-order valence-electron chi connectivity index (χ4n) is 1.13. The summed E-state index contributed by atoms with van der Waals surface area (Å²) in [7, 11) is 1.64. The molecule has 0 saturated heterocycles. The Morgan fingerprint density at radius 3 is 3.00 bits per heavy atom. The SMILES string of the molecule is COCCOCCCn1cnccc1=O. The average molecular weight is 212 g/mol. The molecule has 0 saturated carbocycles. The van der Waals surface area contributed by atoms with Crippen LogP contribution < -0.4 is 5.56 Å². The molecule has 0 aromatic carbocycles. The maximum atomic E-state index is 11.2. The fraction of sp³-hybridized carbons (Fsp3) is 0.600. The van der Waals surface area contributed by atoms with Gasteiger partial charge in [0.1, 0.15) is 0 Å². The van der Waals surface area contributed by atoms with Gasteiger partial charge in [-0.3, -0.25) is 9.36 Å². The summed E-state index contributed by atoms with van der Waals surface area (Å²) >= 11 is 0. The maximum Gasteiger partial charge on any atom is 0.253 e. The number of aromatic nitrogens is 2. The van der Waals surface area contributed by atoms with Crippen LogP contribution in [0.2, 0.25) is 0 Å². The number of ether oxygens (including phenoxy) is 2. The molecule has 1 rings (SSSR count). The van der Waals surface area contributed by atoms with Crippen LogP contribution in [-0.4, -0.2) is 36.5 Å². The molecule has 0 amide bonds. The Bertz CT molecular complexity index is 324. The monoisotopic (exact) mass is 212 g/mol. The van der Waals surface area contributed by atoms with Gasteiger partial charge >= 0.3 is 0 Å². The number of nitrogens with zero attached hydrogens (tertiary/aromatic N) is 2. The van der Waals surface area contributed by atoms with Crippen molar-refractivity contribution in [3.63, 3.8) is 0 Å². The van der Waals surface area contributed by atoms with Gasteiger partial charge in [0.15, 0.2) is 0 Å². The number of rotatable bonds is 7. The first kappa shape index (κ1) is 11.9. The van der Waals surface area contributed by atoms with Gasteiger partial charge in [0, 0.05) is 32.5 Å². The average Bonchev–Trinajstić information content (AvgIpc) is 2.25. The van der Waals surface area contributed by atoms with Crippen molar-refractivity contribution in [3.8, 4) is 0 Å². The predicted molar refractivity (Wildman–Crippen MR) is 55.8 cm³/mol. The van der Waals surface area contributed by atoms with Crippen LogP contribution in [0.25, 0.3) is 0 Å². The van der Waals surface area contributed by atoms with Gasteiger partial charge in [0.05, 0.1) is 19.5 Å². The molecule has 0 unspecified atom stereocenters. The lowest BCUT2D eigenvalue weighted by Crippen LogP contribution is -2.19. The quantitative estimate of drug-likeness (QED) is 0.610. The number of hydrogen-bond donors (Lipinski definition) is 0. The van der Waals surface area contributed by atoms with Gasteiger partial charge in [-0.2, -0.15) is 0 Å². The molecule has 0 fully saturated rings. The molecular weight excluding hydrogens is 196 g/mol. The molecule has 0 spiro atoms. The second-order valence-corrected chi connectivity index (χ2v) is 3.07. The topological polar surface area (TPSA) is 53.4 Å². The van der Waals surface area contributed by atoms with Crippen LogP contribution in [0.15, 0.2) is 23.4 Å². The van der Waals surface area contributed by atoms with Crippen molar-refractivity contribution >= 4 is 0 Å². The summed E-state index contributed by atoms with van der Waals surface area (Å²) in [6, 6.07) is 1.45. The van der Waals surface area contributed by atoms with Crippen molar-refractivity contribution in [3.05, 3.63) is 28.9 Å². The lowest BCUT2D eigenvalue weighted by Gasteiger charge is -2.05. The zero-order valence-corrected chi connectivity index (χ0v) is 8.89. The van der Waals surface area contributed by atoms with Gasteiger partial charge in [-0.15, -0.1) is 0 Å². The van der Waals surface area contributed by atoms with Crippen LogP contribution in [0.5, 0.6) is 0 Å². The molecule has 5 heteroatoms. The summed E-state index contributed by atoms with van der Waals surface area (Å²) in [5.41, 5.74) is -0.0260. The van der Waals surface area contributed by atoms with Crippen LogP contribution in [0.4, 0.5) is 0 Å². The molecule has 1 aromatic rings. The lowest BCUT2D eigenvalue weighted by atomic mass is 10.4. The third-order valence-corrected chi connectivity index (χ3v) is 1.91. The van der Waals surface area contributed by atoms with E-state index in [1.807, 2.05) is 0 Å². The molecule has 0 radical (unpaired) electrons. The predicted octanol–water partition coefficient (Wildman–Crippen LogP) is 0.296. The highest BCUT2D eigenvalue weighted by atomic mass is 16.5. The van der Waals surface area contributed by atoms with Crippen LogP contribution in [0.1, 0.15) is 6.42 Å². The molecule has 1 aromatic heterocycles. The van der Waals surface area contributed by atoms with E-state index >= 15 is 0 Å². The van der Waals surface area contributed by atoms with Crippen LogP contribution in [0.3, 0.4) is 0 Å². The summed E-state index contributed by atoms with van der Waals surface area (Å²) in [6.07, 6.45) is 3.83. The zero-order valence-electron chi connectivity index (χ0n) is 8.89. The Balaban J connectivity index is 2.15. The molecule has 0 N–H and O–H groups in total. The molecule has 1 heterocycles. The summed E-state index contributed by atoms with van der Waals surface area (Å²) in [5, 5.41) is 0. The Kier molecular flexibility index (Phi) is 5.65. The third-order valence-electron chi connectivity index (χ3n) is 1.91. The van der Waals surface area contributed by atoms with Crippen LogP contribution in [0, 0.1) is 0 Å². The first-order valence-corrected chi connectivity index (χ1v) is 4.91. The fourth-order valence-corrected chi connectivity index (χ4v) is 1.13. The molecule has 0 bridgehead atoms. The van der Waals surface area contributed by atoms with Crippen molar-refractivity contribution in [2.75, 3.05) is 26.9 Å². The van der Waals surface area contributed by atoms with E-state index in [0.29, 0.717) is 26.4 Å². The highest BCUT2D eigenvalue weighted by molar-refractivity contribution is 4.81. The van der Waals surface area contributed by atoms with E-state index in [0.717, 1.165) is 6.42 Å². The normalized spacial score (nSPS) is 10.5. The van der Waals surface area contributed by atoms with Crippen molar-refractivity contribution in [2.24, 2.45) is 0 Å². The first-order chi connectivity index (χ1) is 7.34. The summed E-state index contributed by atoms with van der Waals surface area (Å²) in [4.78, 5) is 15.1. The van der Waals surface area contributed by atoms with E-state index in [-0.39, 0.29) is 5.56 Å². The number of methoxy groups -OCH3 is 1. The van der Waals surface area contributed by atoms with Crippen LogP contribution in [-0.2, 0) is 16.0 Å². The van der Waals surface area contributed by atoms with Gasteiger partial charge in [0.25, 0.3) is 5.56 Å². The molecule has 0 atom stereocenters. The van der Waals surface area contributed by atoms with E-state index in [9.17, 15) is 4.79 Å². The van der Waals surface area contributed by atoms with Gasteiger partial charge in [-0.1, -0.05) is 0 Å². The minimum atomic E-state index is -0.0260. The first-order valence-electron chi connectivity index (χ1n) is 4.91. The third kappa shape index (κ3) is 4.71. The smallest absolute Gasteiger partial charge is 0.253 e. The highest BCUT2D eigenvalue weighted by Gasteiger charge is 1.94. The van der Waals surface area contributed by atoms with E-state index in [1.54, 1.807) is 11.7 Å². The Morgan fingerprint density at radius 1 is 1.40 bits per heavy atom. The van der Waals surface area contributed by atoms with E-state index in [4.69, 9.17) is 9.47 Å². The Labute approximate surface area is 88.7 Å². The highest BCUT2D eigenvalue weighted by Crippen LogP contribution is 1.87. The molecule has 0 aliphatic heterocycles. The number of hydrogen-bond acceptors (Lipinski definition) is 4. The van der Waals surface area contributed by atoms with Crippen molar-refractivity contribution in [1.29, 1.82) is 0 Å². The molecule has 15 heavy (non-hydrogen) atoms. The molecule has 84 valence electrons. The largest absolute Gasteiger partial charge is 0.382 e. The van der Waals surface area contributed by atoms with E-state index in [2.05, 4.69) is 4.98 Å². The summed E-state index contributed by atoms with van der Waals surface area (Å²) in [5.74, 6) is 0. The van der Waals surface area contributed by atoms with E-state index < -0.39 is 0 Å². The van der Waals surface area contributed by atoms with Crippen LogP contribution >= 0.6 is 0 Å². The van der Waals surface area contributed by atoms with Crippen molar-refractivity contribution < 1.29 is 9.47 Å².